The Morgan fingerprint density at radius 1 is 1.36 bits per heavy atom. The molecule has 0 bridgehead atoms. The number of rotatable bonds is 7. The van der Waals surface area contributed by atoms with Gasteiger partial charge in [0.25, 0.3) is 0 Å². The smallest absolute Gasteiger partial charge is 0.410 e. The van der Waals surface area contributed by atoms with E-state index < -0.39 is 34.0 Å². The third-order valence-corrected chi connectivity index (χ3v) is 4.10. The van der Waals surface area contributed by atoms with Crippen LogP contribution in [-0.4, -0.2) is 69.1 Å². The normalized spacial score (nSPS) is 18.5. The van der Waals surface area contributed by atoms with Crippen LogP contribution < -0.4 is 5.32 Å². The molecule has 1 fully saturated rings. The largest absolute Gasteiger partial charge is 0.481 e. The molecule has 7 nitrogen and oxygen atoms in total. The molecule has 2 N–H and O–H groups in total. The van der Waals surface area contributed by atoms with E-state index >= 15 is 0 Å². The highest BCUT2D eigenvalue weighted by Gasteiger charge is 2.47. The zero-order valence-electron chi connectivity index (χ0n) is 13.7. The highest BCUT2D eigenvalue weighted by molar-refractivity contribution is 7.84. The second kappa shape index (κ2) is 7.41. The summed E-state index contributed by atoms with van der Waals surface area (Å²) in [5.74, 6) is -0.332. The second-order valence-corrected chi connectivity index (χ2v) is 8.30. The first-order valence-electron chi connectivity index (χ1n) is 7.28. The van der Waals surface area contributed by atoms with Crippen LogP contribution in [0.4, 0.5) is 4.79 Å². The van der Waals surface area contributed by atoms with Gasteiger partial charge in [0, 0.05) is 35.9 Å². The van der Waals surface area contributed by atoms with Gasteiger partial charge in [-0.1, -0.05) is 0 Å². The fourth-order valence-corrected chi connectivity index (χ4v) is 2.90. The number of carbonyl (C=O) groups is 2. The van der Waals surface area contributed by atoms with Gasteiger partial charge in [-0.15, -0.1) is 0 Å². The Kier molecular flexibility index (Phi) is 6.37. The molecule has 0 aromatic carbocycles. The molecule has 0 radical (unpaired) electrons. The maximum Gasteiger partial charge on any atom is 0.410 e. The van der Waals surface area contributed by atoms with E-state index in [0.29, 0.717) is 31.8 Å². The van der Waals surface area contributed by atoms with Crippen molar-refractivity contribution in [2.45, 2.75) is 44.8 Å². The quantitative estimate of drug-likeness (QED) is 0.669. The number of aliphatic carboxylic acids is 1. The first kappa shape index (κ1) is 18.9. The highest BCUT2D eigenvalue weighted by Crippen LogP contribution is 2.26. The monoisotopic (exact) mass is 334 g/mol. The molecular weight excluding hydrogens is 308 g/mol. The summed E-state index contributed by atoms with van der Waals surface area (Å²) >= 11 is 0. The number of carbonyl (C=O) groups excluding carboxylic acids is 1. The first-order valence-corrected chi connectivity index (χ1v) is 9.00. The van der Waals surface area contributed by atoms with Gasteiger partial charge in [0.2, 0.25) is 0 Å². The SMILES string of the molecule is CS(=O)CCCNC1(CC(=O)O)CN(C(=O)OC(C)(C)C)C1. The molecule has 128 valence electrons. The number of hydrogen-bond acceptors (Lipinski definition) is 5. The van der Waals surface area contributed by atoms with Gasteiger partial charge in [0.15, 0.2) is 0 Å². The molecule has 0 saturated carbocycles. The summed E-state index contributed by atoms with van der Waals surface area (Å²) in [6.45, 7) is 6.57. The zero-order valence-corrected chi connectivity index (χ0v) is 14.5. The number of nitrogens with zero attached hydrogens (tertiary/aromatic N) is 1. The number of nitrogens with one attached hydrogen (secondary N) is 1. The van der Waals surface area contributed by atoms with Crippen molar-refractivity contribution in [3.05, 3.63) is 0 Å². The average molecular weight is 334 g/mol. The minimum atomic E-state index is -0.907. The van der Waals surface area contributed by atoms with Crippen molar-refractivity contribution in [1.82, 2.24) is 10.2 Å². The van der Waals surface area contributed by atoms with E-state index in [1.165, 1.54) is 4.90 Å². The molecule has 1 saturated heterocycles. The van der Waals surface area contributed by atoms with Gasteiger partial charge in [0.05, 0.1) is 12.0 Å². The number of amides is 1. The average Bonchev–Trinajstić information content (AvgIpc) is 2.26. The van der Waals surface area contributed by atoms with Crippen molar-refractivity contribution >= 4 is 22.9 Å². The van der Waals surface area contributed by atoms with Crippen molar-refractivity contribution in [2.75, 3.05) is 31.6 Å². The first-order chi connectivity index (χ1) is 10.0. The van der Waals surface area contributed by atoms with E-state index in [4.69, 9.17) is 9.84 Å². The third kappa shape index (κ3) is 6.31. The molecule has 1 atom stereocenters. The van der Waals surface area contributed by atoms with Crippen LogP contribution in [0.1, 0.15) is 33.6 Å². The van der Waals surface area contributed by atoms with E-state index in [-0.39, 0.29) is 6.42 Å². The van der Waals surface area contributed by atoms with Gasteiger partial charge in [-0.05, 0) is 33.7 Å². The lowest BCUT2D eigenvalue weighted by atomic mass is 9.86. The number of carboxylic acids is 1. The summed E-state index contributed by atoms with van der Waals surface area (Å²) in [7, 11) is -0.855. The second-order valence-electron chi connectivity index (χ2n) is 6.74. The maximum atomic E-state index is 11.9. The van der Waals surface area contributed by atoms with Crippen molar-refractivity contribution in [3.8, 4) is 0 Å². The van der Waals surface area contributed by atoms with Crippen LogP contribution in [0.5, 0.6) is 0 Å². The van der Waals surface area contributed by atoms with Crippen LogP contribution in [0.3, 0.4) is 0 Å². The van der Waals surface area contributed by atoms with Crippen LogP contribution in [0.25, 0.3) is 0 Å². The number of likely N-dealkylation sites (tertiary alicyclic amines) is 1. The Morgan fingerprint density at radius 3 is 2.41 bits per heavy atom. The Morgan fingerprint density at radius 2 is 1.95 bits per heavy atom. The van der Waals surface area contributed by atoms with Crippen LogP contribution in [0.2, 0.25) is 0 Å². The van der Waals surface area contributed by atoms with Gasteiger partial charge in [-0.25, -0.2) is 4.79 Å². The molecular formula is C14H26N2O5S. The fraction of sp³-hybridized carbons (Fsp3) is 0.857. The van der Waals surface area contributed by atoms with Crippen LogP contribution in [0, 0.1) is 0 Å². The molecule has 8 heteroatoms. The zero-order chi connectivity index (χ0) is 17.0. The van der Waals surface area contributed by atoms with Crippen molar-refractivity contribution < 1.29 is 23.6 Å². The molecule has 1 amide bonds. The molecule has 0 aromatic rings. The summed E-state index contributed by atoms with van der Waals surface area (Å²) in [5.41, 5.74) is -1.18. The molecule has 1 heterocycles. The number of carboxylic acid groups (broad SMARTS) is 1. The molecule has 1 aliphatic heterocycles. The van der Waals surface area contributed by atoms with Crippen LogP contribution >= 0.6 is 0 Å². The Labute approximate surface area is 133 Å². The van der Waals surface area contributed by atoms with Crippen molar-refractivity contribution in [2.24, 2.45) is 0 Å². The van der Waals surface area contributed by atoms with E-state index in [0.717, 1.165) is 0 Å². The molecule has 22 heavy (non-hydrogen) atoms. The molecule has 1 aliphatic rings. The minimum absolute atomic E-state index is 0.0541. The Bertz CT molecular complexity index is 441. The summed E-state index contributed by atoms with van der Waals surface area (Å²) in [6.07, 6.45) is 1.86. The fourth-order valence-electron chi connectivity index (χ4n) is 2.34. The van der Waals surface area contributed by atoms with Crippen LogP contribution in [0.15, 0.2) is 0 Å². The summed E-state index contributed by atoms with van der Waals surface area (Å²) in [4.78, 5) is 24.5. The number of hydrogen-bond donors (Lipinski definition) is 2. The summed E-state index contributed by atoms with van der Waals surface area (Å²) < 4.78 is 16.3. The van der Waals surface area contributed by atoms with E-state index in [1.807, 2.05) is 0 Å². The molecule has 0 aromatic heterocycles. The molecule has 1 unspecified atom stereocenters. The van der Waals surface area contributed by atoms with Gasteiger partial charge in [0.1, 0.15) is 5.60 Å². The predicted octanol–water partition coefficient (Wildman–Crippen LogP) is 0.809. The van der Waals surface area contributed by atoms with Gasteiger partial charge in [-0.3, -0.25) is 9.00 Å². The summed E-state index contributed by atoms with van der Waals surface area (Å²) in [5, 5.41) is 12.2. The highest BCUT2D eigenvalue weighted by atomic mass is 32.2. The van der Waals surface area contributed by atoms with Gasteiger partial charge < -0.3 is 20.1 Å². The van der Waals surface area contributed by atoms with Gasteiger partial charge >= 0.3 is 12.1 Å². The van der Waals surface area contributed by atoms with Crippen molar-refractivity contribution in [1.29, 1.82) is 0 Å². The molecule has 0 aliphatic carbocycles. The lowest BCUT2D eigenvalue weighted by molar-refractivity contribution is -0.141. The van der Waals surface area contributed by atoms with E-state index in [9.17, 15) is 13.8 Å². The molecule has 0 spiro atoms. The third-order valence-electron chi connectivity index (χ3n) is 3.24. The maximum absolute atomic E-state index is 11.9. The van der Waals surface area contributed by atoms with E-state index in [1.54, 1.807) is 27.0 Å². The number of ether oxygens (including phenoxy) is 1. The standard InChI is InChI=1S/C14H26N2O5S/c1-13(2,3)21-12(19)16-9-14(10-16,8-11(17)18)15-6-5-7-22(4)20/h15H,5-10H2,1-4H3,(H,17,18). The lowest BCUT2D eigenvalue weighted by Crippen LogP contribution is -2.71. The van der Waals surface area contributed by atoms with Crippen molar-refractivity contribution in [3.63, 3.8) is 0 Å². The molecule has 1 rings (SSSR count). The predicted molar refractivity (Wildman–Crippen MR) is 84.3 cm³/mol. The summed E-state index contributed by atoms with van der Waals surface area (Å²) in [6, 6.07) is 0. The topological polar surface area (TPSA) is 95.9 Å². The Balaban J connectivity index is 2.50. The minimum Gasteiger partial charge on any atom is -0.481 e. The lowest BCUT2D eigenvalue weighted by Gasteiger charge is -2.49. The van der Waals surface area contributed by atoms with Gasteiger partial charge in [-0.2, -0.15) is 0 Å². The van der Waals surface area contributed by atoms with E-state index in [2.05, 4.69) is 5.32 Å². The van der Waals surface area contributed by atoms with Crippen LogP contribution in [-0.2, 0) is 20.3 Å². The Hall–Kier alpha value is -1.15.